The Kier molecular flexibility index (Phi) is 5.80. The van der Waals surface area contributed by atoms with E-state index in [0.717, 1.165) is 25.7 Å². The lowest BCUT2D eigenvalue weighted by Gasteiger charge is -2.16. The molecule has 1 aromatic carbocycles. The van der Waals surface area contributed by atoms with Crippen LogP contribution in [0, 0.1) is 18.3 Å². The first kappa shape index (κ1) is 17.9. The van der Waals surface area contributed by atoms with Crippen LogP contribution in [0.15, 0.2) is 30.3 Å². The van der Waals surface area contributed by atoms with Gasteiger partial charge in [-0.1, -0.05) is 31.7 Å². The van der Waals surface area contributed by atoms with Gasteiger partial charge in [-0.25, -0.2) is 9.97 Å². The maximum Gasteiger partial charge on any atom is 0.270 e. The molecule has 1 aliphatic rings. The fourth-order valence-electron chi connectivity index (χ4n) is 3.22. The van der Waals surface area contributed by atoms with Crippen LogP contribution >= 0.6 is 0 Å². The van der Waals surface area contributed by atoms with Crippen molar-refractivity contribution in [3.63, 3.8) is 0 Å². The third kappa shape index (κ3) is 4.79. The standard InChI is InChI=1S/C20H23N5O/c1-14-11-18(19(26)23-16-8-4-2-3-5-9-16)25-20(22-14)24-17-10-6-7-15(12-17)13-21/h6-7,10-12,16H,2-5,8-9H2,1H3,(H,23,26)(H,22,24,25). The number of hydrogen-bond donors (Lipinski definition) is 2. The van der Waals surface area contributed by atoms with E-state index in [2.05, 4.69) is 26.7 Å². The zero-order valence-electron chi connectivity index (χ0n) is 15.0. The predicted octanol–water partition coefficient (Wildman–Crippen LogP) is 3.85. The summed E-state index contributed by atoms with van der Waals surface area (Å²) in [5, 5.41) is 15.2. The number of aryl methyl sites for hydroxylation is 1. The molecule has 3 rings (SSSR count). The molecule has 0 unspecified atom stereocenters. The van der Waals surface area contributed by atoms with Crippen LogP contribution in [-0.2, 0) is 0 Å². The van der Waals surface area contributed by atoms with Crippen molar-refractivity contribution >= 4 is 17.5 Å². The molecule has 1 aromatic heterocycles. The Hall–Kier alpha value is -2.94. The lowest BCUT2D eigenvalue weighted by molar-refractivity contribution is 0.0928. The average molecular weight is 349 g/mol. The maximum atomic E-state index is 12.6. The number of nitrogens with zero attached hydrogens (tertiary/aromatic N) is 3. The van der Waals surface area contributed by atoms with Crippen LogP contribution in [0.5, 0.6) is 0 Å². The van der Waals surface area contributed by atoms with E-state index in [1.807, 2.05) is 13.0 Å². The Bertz CT molecular complexity index is 819. The van der Waals surface area contributed by atoms with Crippen LogP contribution in [0.1, 0.15) is 60.3 Å². The normalized spacial score (nSPS) is 14.9. The van der Waals surface area contributed by atoms with Gasteiger partial charge >= 0.3 is 0 Å². The third-order valence-corrected chi connectivity index (χ3v) is 4.53. The molecule has 26 heavy (non-hydrogen) atoms. The van der Waals surface area contributed by atoms with Crippen LogP contribution in [0.3, 0.4) is 0 Å². The van der Waals surface area contributed by atoms with Gasteiger partial charge in [0.2, 0.25) is 5.95 Å². The van der Waals surface area contributed by atoms with Gasteiger partial charge in [0.05, 0.1) is 11.6 Å². The molecule has 6 heteroatoms. The topological polar surface area (TPSA) is 90.7 Å². The summed E-state index contributed by atoms with van der Waals surface area (Å²) in [7, 11) is 0. The van der Waals surface area contributed by atoms with Crippen molar-refractivity contribution in [3.05, 3.63) is 47.3 Å². The Morgan fingerprint density at radius 2 is 1.92 bits per heavy atom. The maximum absolute atomic E-state index is 12.6. The van der Waals surface area contributed by atoms with Crippen LogP contribution in [-0.4, -0.2) is 21.9 Å². The smallest absolute Gasteiger partial charge is 0.270 e. The van der Waals surface area contributed by atoms with E-state index in [1.165, 1.54) is 12.8 Å². The molecule has 134 valence electrons. The molecule has 1 aliphatic carbocycles. The van der Waals surface area contributed by atoms with Crippen LogP contribution in [0.25, 0.3) is 0 Å². The monoisotopic (exact) mass is 349 g/mol. The van der Waals surface area contributed by atoms with Crippen molar-refractivity contribution in [1.29, 1.82) is 5.26 Å². The first-order chi connectivity index (χ1) is 12.6. The zero-order valence-corrected chi connectivity index (χ0v) is 15.0. The van der Waals surface area contributed by atoms with Gasteiger partial charge in [0, 0.05) is 17.4 Å². The van der Waals surface area contributed by atoms with E-state index in [9.17, 15) is 4.79 Å². The number of carbonyl (C=O) groups is 1. The highest BCUT2D eigenvalue weighted by Crippen LogP contribution is 2.18. The van der Waals surface area contributed by atoms with E-state index in [0.29, 0.717) is 28.6 Å². The van der Waals surface area contributed by atoms with Gasteiger partial charge in [0.15, 0.2) is 0 Å². The molecule has 0 radical (unpaired) electrons. The molecule has 1 heterocycles. The largest absolute Gasteiger partial charge is 0.348 e. The highest BCUT2D eigenvalue weighted by molar-refractivity contribution is 5.92. The van der Waals surface area contributed by atoms with Gasteiger partial charge in [-0.15, -0.1) is 0 Å². The molecule has 0 bridgehead atoms. The average Bonchev–Trinajstić information content (AvgIpc) is 2.90. The summed E-state index contributed by atoms with van der Waals surface area (Å²) in [4.78, 5) is 21.3. The highest BCUT2D eigenvalue weighted by Gasteiger charge is 2.17. The van der Waals surface area contributed by atoms with Crippen molar-refractivity contribution in [1.82, 2.24) is 15.3 Å². The van der Waals surface area contributed by atoms with Gasteiger partial charge in [0.25, 0.3) is 5.91 Å². The molecule has 1 saturated carbocycles. The summed E-state index contributed by atoms with van der Waals surface area (Å²) in [5.41, 5.74) is 2.34. The van der Waals surface area contributed by atoms with Crippen LogP contribution in [0.4, 0.5) is 11.6 Å². The first-order valence-corrected chi connectivity index (χ1v) is 9.08. The van der Waals surface area contributed by atoms with E-state index < -0.39 is 0 Å². The highest BCUT2D eigenvalue weighted by atomic mass is 16.1. The quantitative estimate of drug-likeness (QED) is 0.818. The molecule has 0 spiro atoms. The van der Waals surface area contributed by atoms with E-state index in [-0.39, 0.29) is 11.9 Å². The van der Waals surface area contributed by atoms with Gasteiger partial charge in [0.1, 0.15) is 5.69 Å². The van der Waals surface area contributed by atoms with E-state index in [1.54, 1.807) is 24.3 Å². The Labute approximate surface area is 153 Å². The van der Waals surface area contributed by atoms with Gasteiger partial charge < -0.3 is 10.6 Å². The molecule has 2 aromatic rings. The minimum Gasteiger partial charge on any atom is -0.348 e. The lowest BCUT2D eigenvalue weighted by Crippen LogP contribution is -2.35. The summed E-state index contributed by atoms with van der Waals surface area (Å²) >= 11 is 0. The van der Waals surface area contributed by atoms with Crippen molar-refractivity contribution in [2.24, 2.45) is 0 Å². The number of nitrogens with one attached hydrogen (secondary N) is 2. The van der Waals surface area contributed by atoms with Crippen LogP contribution < -0.4 is 10.6 Å². The first-order valence-electron chi connectivity index (χ1n) is 9.08. The zero-order chi connectivity index (χ0) is 18.4. The minimum absolute atomic E-state index is 0.156. The fraction of sp³-hybridized carbons (Fsp3) is 0.400. The molecule has 0 atom stereocenters. The second-order valence-electron chi connectivity index (χ2n) is 6.70. The van der Waals surface area contributed by atoms with Gasteiger partial charge in [-0.3, -0.25) is 4.79 Å². The summed E-state index contributed by atoms with van der Waals surface area (Å²) in [5.74, 6) is 0.197. The lowest BCUT2D eigenvalue weighted by atomic mass is 10.1. The van der Waals surface area contributed by atoms with Crippen molar-refractivity contribution in [2.45, 2.75) is 51.5 Å². The Morgan fingerprint density at radius 1 is 1.15 bits per heavy atom. The van der Waals surface area contributed by atoms with Crippen LogP contribution in [0.2, 0.25) is 0 Å². The second kappa shape index (κ2) is 8.43. The summed E-state index contributed by atoms with van der Waals surface area (Å²) in [6, 6.07) is 11.1. The number of hydrogen-bond acceptors (Lipinski definition) is 5. The number of nitriles is 1. The number of benzene rings is 1. The SMILES string of the molecule is Cc1cc(C(=O)NC2CCCCCC2)nc(Nc2cccc(C#N)c2)n1. The molecule has 0 saturated heterocycles. The van der Waals surface area contributed by atoms with E-state index in [4.69, 9.17) is 5.26 Å². The molecular weight excluding hydrogens is 326 g/mol. The summed E-state index contributed by atoms with van der Waals surface area (Å²) < 4.78 is 0. The third-order valence-electron chi connectivity index (χ3n) is 4.53. The van der Waals surface area contributed by atoms with E-state index >= 15 is 0 Å². The summed E-state index contributed by atoms with van der Waals surface area (Å²) in [6.07, 6.45) is 6.87. The van der Waals surface area contributed by atoms with Crippen molar-refractivity contribution in [3.8, 4) is 6.07 Å². The minimum atomic E-state index is -0.156. The van der Waals surface area contributed by atoms with Gasteiger partial charge in [-0.05, 0) is 44.0 Å². The molecular formula is C20H23N5O. The number of aromatic nitrogens is 2. The number of rotatable bonds is 4. The summed E-state index contributed by atoms with van der Waals surface area (Å²) in [6.45, 7) is 1.83. The second-order valence-corrected chi connectivity index (χ2v) is 6.70. The molecule has 1 amide bonds. The van der Waals surface area contributed by atoms with Gasteiger partial charge in [-0.2, -0.15) is 5.26 Å². The Morgan fingerprint density at radius 3 is 2.65 bits per heavy atom. The Balaban J connectivity index is 1.74. The number of carbonyl (C=O) groups excluding carboxylic acids is 1. The predicted molar refractivity (Wildman–Crippen MR) is 100 cm³/mol. The molecule has 2 N–H and O–H groups in total. The number of anilines is 2. The van der Waals surface area contributed by atoms with Crippen molar-refractivity contribution < 1.29 is 4.79 Å². The number of amides is 1. The molecule has 0 aliphatic heterocycles. The molecule has 1 fully saturated rings. The molecule has 6 nitrogen and oxygen atoms in total. The fourth-order valence-corrected chi connectivity index (χ4v) is 3.22. The van der Waals surface area contributed by atoms with Crippen molar-refractivity contribution in [2.75, 3.05) is 5.32 Å².